The highest BCUT2D eigenvalue weighted by Gasteiger charge is 2.44. The number of esters is 1. The highest BCUT2D eigenvalue weighted by Crippen LogP contribution is 2.37. The molecule has 8 heteroatoms. The molecule has 0 amide bonds. The predicted molar refractivity (Wildman–Crippen MR) is 84.2 cm³/mol. The molecule has 24 heavy (non-hydrogen) atoms. The number of benzene rings is 1. The first-order valence-corrected chi connectivity index (χ1v) is 8.44. The van der Waals surface area contributed by atoms with Crippen LogP contribution in [0.15, 0.2) is 24.3 Å². The Bertz CT molecular complexity index is 530. The normalized spacial score (nSPS) is 21.5. The van der Waals surface area contributed by atoms with E-state index >= 15 is 0 Å². The van der Waals surface area contributed by atoms with E-state index in [1.807, 2.05) is 6.92 Å². The van der Waals surface area contributed by atoms with Gasteiger partial charge in [-0.05, 0) is 50.0 Å². The topological polar surface area (TPSA) is 65.0 Å². The summed E-state index contributed by atoms with van der Waals surface area (Å²) in [7, 11) is 0. The van der Waals surface area contributed by atoms with Gasteiger partial charge >= 0.3 is 11.2 Å². The van der Waals surface area contributed by atoms with Gasteiger partial charge in [-0.3, -0.25) is 0 Å². The second-order valence-corrected chi connectivity index (χ2v) is 6.78. The number of hydrogen-bond donors (Lipinski definition) is 1. The SMILES string of the molecule is Cc1ccc(C2CCC(COC(=O)C(F)(F)SOOO)CC2)cc1. The Labute approximate surface area is 143 Å². The molecule has 1 N–H and O–H groups in total. The molecule has 0 aliphatic heterocycles. The third-order valence-corrected chi connectivity index (χ3v) is 4.76. The van der Waals surface area contributed by atoms with Crippen LogP contribution in [0.2, 0.25) is 0 Å². The van der Waals surface area contributed by atoms with Crippen LogP contribution >= 0.6 is 12.0 Å². The first-order valence-electron chi connectivity index (χ1n) is 7.70. The molecule has 5 nitrogen and oxygen atoms in total. The second kappa shape index (κ2) is 8.75. The summed E-state index contributed by atoms with van der Waals surface area (Å²) in [5.74, 6) is -1.17. The molecule has 1 aliphatic rings. The summed E-state index contributed by atoms with van der Waals surface area (Å²) in [6.07, 6.45) is 3.53. The molecule has 1 aromatic carbocycles. The number of alkyl halides is 2. The molecule has 134 valence electrons. The third-order valence-electron chi connectivity index (χ3n) is 4.25. The van der Waals surface area contributed by atoms with E-state index in [-0.39, 0.29) is 12.5 Å². The van der Waals surface area contributed by atoms with Gasteiger partial charge in [0.25, 0.3) is 0 Å². The van der Waals surface area contributed by atoms with Crippen LogP contribution in [0.4, 0.5) is 8.78 Å². The zero-order valence-electron chi connectivity index (χ0n) is 13.2. The molecule has 1 aliphatic carbocycles. The third kappa shape index (κ3) is 5.41. The maximum absolute atomic E-state index is 13.2. The molecule has 0 saturated heterocycles. The van der Waals surface area contributed by atoms with Gasteiger partial charge in [0.15, 0.2) is 0 Å². The van der Waals surface area contributed by atoms with E-state index in [2.05, 4.69) is 38.4 Å². The molecular weight excluding hydrogens is 342 g/mol. The van der Waals surface area contributed by atoms with E-state index in [9.17, 15) is 13.6 Å². The van der Waals surface area contributed by atoms with Crippen LogP contribution in [0, 0.1) is 12.8 Å². The Morgan fingerprint density at radius 1 is 1.25 bits per heavy atom. The lowest BCUT2D eigenvalue weighted by Crippen LogP contribution is -2.30. The fourth-order valence-electron chi connectivity index (χ4n) is 2.87. The Balaban J connectivity index is 1.75. The van der Waals surface area contributed by atoms with Crippen molar-refractivity contribution in [2.75, 3.05) is 6.61 Å². The zero-order valence-corrected chi connectivity index (χ0v) is 14.1. The number of hydrogen-bond acceptors (Lipinski definition) is 6. The van der Waals surface area contributed by atoms with Crippen LogP contribution in [-0.2, 0) is 18.9 Å². The fourth-order valence-corrected chi connectivity index (χ4v) is 3.11. The maximum Gasteiger partial charge on any atom is 0.415 e. The molecule has 0 heterocycles. The van der Waals surface area contributed by atoms with Crippen molar-refractivity contribution in [2.24, 2.45) is 5.92 Å². The minimum atomic E-state index is -3.93. The Morgan fingerprint density at radius 2 is 1.88 bits per heavy atom. The molecule has 0 aromatic heterocycles. The minimum absolute atomic E-state index is 0.0460. The van der Waals surface area contributed by atoms with Crippen LogP contribution in [0.3, 0.4) is 0 Å². The summed E-state index contributed by atoms with van der Waals surface area (Å²) in [5, 5.41) is 6.98. The molecule has 1 saturated carbocycles. The van der Waals surface area contributed by atoms with Crippen molar-refractivity contribution >= 4 is 18.0 Å². The van der Waals surface area contributed by atoms with Gasteiger partial charge < -0.3 is 4.74 Å². The molecule has 0 unspecified atom stereocenters. The van der Waals surface area contributed by atoms with Crippen molar-refractivity contribution in [3.63, 3.8) is 0 Å². The predicted octanol–water partition coefficient (Wildman–Crippen LogP) is 4.47. The molecule has 1 aromatic rings. The van der Waals surface area contributed by atoms with Crippen molar-refractivity contribution in [1.82, 2.24) is 0 Å². The lowest BCUT2D eigenvalue weighted by atomic mass is 9.79. The summed E-state index contributed by atoms with van der Waals surface area (Å²) >= 11 is -0.608. The van der Waals surface area contributed by atoms with Crippen molar-refractivity contribution in [3.8, 4) is 0 Å². The van der Waals surface area contributed by atoms with Gasteiger partial charge in [-0.25, -0.2) is 10.1 Å². The van der Waals surface area contributed by atoms with Gasteiger partial charge in [-0.15, -0.1) is 4.33 Å². The molecular formula is C16H20F2O5S. The number of aryl methyl sites for hydroxylation is 1. The Kier molecular flexibility index (Phi) is 6.97. The van der Waals surface area contributed by atoms with E-state index in [4.69, 9.17) is 5.26 Å². The van der Waals surface area contributed by atoms with Gasteiger partial charge in [0.2, 0.25) is 0 Å². The molecule has 0 spiro atoms. The van der Waals surface area contributed by atoms with Crippen LogP contribution in [0.5, 0.6) is 0 Å². The van der Waals surface area contributed by atoms with Gasteiger partial charge in [-0.2, -0.15) is 8.78 Å². The van der Waals surface area contributed by atoms with Gasteiger partial charge in [-0.1, -0.05) is 34.9 Å². The zero-order chi connectivity index (χ0) is 17.6. The minimum Gasteiger partial charge on any atom is -0.460 e. The molecule has 0 atom stereocenters. The first-order chi connectivity index (χ1) is 11.4. The second-order valence-electron chi connectivity index (χ2n) is 5.97. The van der Waals surface area contributed by atoms with E-state index in [1.54, 1.807) is 0 Å². The summed E-state index contributed by atoms with van der Waals surface area (Å²) < 4.78 is 34.8. The van der Waals surface area contributed by atoms with Gasteiger partial charge in [0.05, 0.1) is 6.61 Å². The number of ether oxygens (including phenoxy) is 1. The van der Waals surface area contributed by atoms with Crippen LogP contribution in [-0.4, -0.2) is 23.1 Å². The summed E-state index contributed by atoms with van der Waals surface area (Å²) in [4.78, 5) is 11.3. The van der Waals surface area contributed by atoms with Crippen LogP contribution in [0.25, 0.3) is 0 Å². The quantitative estimate of drug-likeness (QED) is 0.334. The number of carbonyl (C=O) groups is 1. The lowest BCUT2D eigenvalue weighted by molar-refractivity contribution is -0.433. The van der Waals surface area contributed by atoms with Crippen molar-refractivity contribution in [1.29, 1.82) is 0 Å². The smallest absolute Gasteiger partial charge is 0.415 e. The number of halogens is 2. The number of rotatable bonds is 7. The highest BCUT2D eigenvalue weighted by atomic mass is 32.2. The van der Waals surface area contributed by atoms with Gasteiger partial charge in [0, 0.05) is 0 Å². The standard InChI is InChI=1S/C16H20F2O5S/c1-11-2-6-13(7-3-11)14-8-4-12(5-9-14)10-21-15(19)16(17,18)24-23-22-20/h2-3,6-7,12,14,20H,4-5,8-10H2,1H3. The maximum atomic E-state index is 13.2. The van der Waals surface area contributed by atoms with E-state index in [0.717, 1.165) is 25.7 Å². The molecule has 0 radical (unpaired) electrons. The van der Waals surface area contributed by atoms with E-state index < -0.39 is 23.3 Å². The van der Waals surface area contributed by atoms with Crippen molar-refractivity contribution < 1.29 is 32.9 Å². The fraction of sp³-hybridized carbons (Fsp3) is 0.562. The summed E-state index contributed by atoms with van der Waals surface area (Å²) in [6.45, 7) is 2.00. The van der Waals surface area contributed by atoms with Gasteiger partial charge in [0.1, 0.15) is 12.0 Å². The van der Waals surface area contributed by atoms with Crippen LogP contribution in [0.1, 0.15) is 42.7 Å². The monoisotopic (exact) mass is 362 g/mol. The van der Waals surface area contributed by atoms with Crippen molar-refractivity contribution in [3.05, 3.63) is 35.4 Å². The number of carbonyl (C=O) groups excluding carboxylic acids is 1. The largest absolute Gasteiger partial charge is 0.460 e. The van der Waals surface area contributed by atoms with E-state index in [1.165, 1.54) is 11.1 Å². The summed E-state index contributed by atoms with van der Waals surface area (Å²) in [5.41, 5.74) is 2.51. The lowest BCUT2D eigenvalue weighted by Gasteiger charge is -2.28. The van der Waals surface area contributed by atoms with Crippen LogP contribution < -0.4 is 0 Å². The Morgan fingerprint density at radius 3 is 2.46 bits per heavy atom. The van der Waals surface area contributed by atoms with E-state index in [0.29, 0.717) is 5.92 Å². The molecule has 1 fully saturated rings. The average Bonchev–Trinajstić information content (AvgIpc) is 2.59. The summed E-state index contributed by atoms with van der Waals surface area (Å²) in [6, 6.07) is 8.42. The highest BCUT2D eigenvalue weighted by molar-refractivity contribution is 7.96. The Hall–Kier alpha value is -1.22. The average molecular weight is 362 g/mol. The van der Waals surface area contributed by atoms with Crippen molar-refractivity contribution in [2.45, 2.75) is 43.8 Å². The molecule has 2 rings (SSSR count). The first kappa shape index (κ1) is 19.1. The molecule has 0 bridgehead atoms.